The van der Waals surface area contributed by atoms with Crippen LogP contribution in [-0.2, 0) is 14.8 Å². The molecule has 1 aliphatic heterocycles. The molecule has 2 heterocycles. The van der Waals surface area contributed by atoms with Crippen LogP contribution in [0.25, 0.3) is 0 Å². The summed E-state index contributed by atoms with van der Waals surface area (Å²) in [5.74, 6) is 0. The van der Waals surface area contributed by atoms with Crippen LogP contribution >= 0.6 is 27.3 Å². The third kappa shape index (κ3) is 2.65. The third-order valence-corrected chi connectivity index (χ3v) is 6.48. The standard InChI is InChI=1S/C9H12BrNO3S2/c1-6-4-8(15-9(6)10)16(12,13)11-7-2-3-14-5-7/h4,7,11H,2-3,5H2,1H3. The van der Waals surface area contributed by atoms with E-state index in [0.29, 0.717) is 17.4 Å². The minimum Gasteiger partial charge on any atom is -0.380 e. The quantitative estimate of drug-likeness (QED) is 0.923. The number of hydrogen-bond donors (Lipinski definition) is 1. The zero-order valence-corrected chi connectivity index (χ0v) is 11.9. The molecule has 1 fully saturated rings. The number of nitrogens with one attached hydrogen (secondary N) is 1. The molecule has 0 aliphatic carbocycles. The highest BCUT2D eigenvalue weighted by Gasteiger charge is 2.25. The number of halogens is 1. The molecule has 1 unspecified atom stereocenters. The molecule has 1 atom stereocenters. The Bertz CT molecular complexity index is 457. The molecular weight excluding hydrogens is 314 g/mol. The molecule has 7 heteroatoms. The lowest BCUT2D eigenvalue weighted by atomic mass is 10.3. The second-order valence-corrected chi connectivity index (χ2v) is 8.01. The summed E-state index contributed by atoms with van der Waals surface area (Å²) in [6.45, 7) is 2.96. The Balaban J connectivity index is 2.18. The van der Waals surface area contributed by atoms with E-state index in [9.17, 15) is 8.42 Å². The first-order chi connectivity index (χ1) is 7.49. The van der Waals surface area contributed by atoms with Crippen LogP contribution < -0.4 is 4.72 Å². The molecule has 0 radical (unpaired) electrons. The van der Waals surface area contributed by atoms with Gasteiger partial charge in [-0.15, -0.1) is 11.3 Å². The smallest absolute Gasteiger partial charge is 0.250 e. The van der Waals surface area contributed by atoms with Crippen LogP contribution in [0.4, 0.5) is 0 Å². The lowest BCUT2D eigenvalue weighted by Crippen LogP contribution is -2.34. The number of hydrogen-bond acceptors (Lipinski definition) is 4. The van der Waals surface area contributed by atoms with Crippen molar-refractivity contribution in [1.29, 1.82) is 0 Å². The number of ether oxygens (including phenoxy) is 1. The van der Waals surface area contributed by atoms with Gasteiger partial charge >= 0.3 is 0 Å². The summed E-state index contributed by atoms with van der Waals surface area (Å²) < 4.78 is 32.9. The molecular formula is C9H12BrNO3S2. The molecule has 16 heavy (non-hydrogen) atoms. The molecule has 0 amide bonds. The normalized spacial score (nSPS) is 21.5. The van der Waals surface area contributed by atoms with E-state index in [1.807, 2.05) is 6.92 Å². The second kappa shape index (κ2) is 4.73. The van der Waals surface area contributed by atoms with Crippen LogP contribution in [0.1, 0.15) is 12.0 Å². The number of rotatable bonds is 3. The molecule has 2 rings (SSSR count). The van der Waals surface area contributed by atoms with Gasteiger partial charge in [-0.1, -0.05) is 0 Å². The first-order valence-electron chi connectivity index (χ1n) is 4.85. The molecule has 90 valence electrons. The zero-order chi connectivity index (χ0) is 11.8. The molecule has 0 spiro atoms. The van der Waals surface area contributed by atoms with Crippen molar-refractivity contribution in [2.45, 2.75) is 23.6 Å². The summed E-state index contributed by atoms with van der Waals surface area (Å²) in [6, 6.07) is 1.58. The van der Waals surface area contributed by atoms with Crippen molar-refractivity contribution >= 4 is 37.3 Å². The van der Waals surface area contributed by atoms with Crippen LogP contribution in [0.15, 0.2) is 14.1 Å². The maximum Gasteiger partial charge on any atom is 0.250 e. The number of sulfonamides is 1. The fourth-order valence-electron chi connectivity index (χ4n) is 1.47. The molecule has 0 bridgehead atoms. The van der Waals surface area contributed by atoms with Crippen molar-refractivity contribution in [3.8, 4) is 0 Å². The van der Waals surface area contributed by atoms with E-state index in [2.05, 4.69) is 20.7 Å². The molecule has 1 N–H and O–H groups in total. The van der Waals surface area contributed by atoms with Crippen LogP contribution in [-0.4, -0.2) is 27.7 Å². The maximum atomic E-state index is 12.0. The second-order valence-electron chi connectivity index (χ2n) is 3.70. The number of thiophene rings is 1. The summed E-state index contributed by atoms with van der Waals surface area (Å²) in [6.07, 6.45) is 0.741. The van der Waals surface area contributed by atoms with E-state index in [1.165, 1.54) is 11.3 Å². The van der Waals surface area contributed by atoms with Crippen LogP contribution in [0.3, 0.4) is 0 Å². The van der Waals surface area contributed by atoms with E-state index in [0.717, 1.165) is 15.8 Å². The lowest BCUT2D eigenvalue weighted by Gasteiger charge is -2.09. The maximum absolute atomic E-state index is 12.0. The van der Waals surface area contributed by atoms with E-state index in [1.54, 1.807) is 6.07 Å². The Hall–Kier alpha value is 0.0500. The van der Waals surface area contributed by atoms with E-state index >= 15 is 0 Å². The molecule has 1 saturated heterocycles. The van der Waals surface area contributed by atoms with Gasteiger partial charge in [-0.05, 0) is 40.9 Å². The van der Waals surface area contributed by atoms with E-state index in [4.69, 9.17) is 4.74 Å². The third-order valence-electron chi connectivity index (χ3n) is 2.35. The van der Waals surface area contributed by atoms with Gasteiger partial charge in [0.25, 0.3) is 0 Å². The summed E-state index contributed by atoms with van der Waals surface area (Å²) in [5.41, 5.74) is 0.938. The Labute approximate surface area is 107 Å². The van der Waals surface area contributed by atoms with Gasteiger partial charge in [0.05, 0.1) is 10.4 Å². The highest BCUT2D eigenvalue weighted by Crippen LogP contribution is 2.30. The molecule has 1 aliphatic rings. The minimum absolute atomic E-state index is 0.0915. The zero-order valence-electron chi connectivity index (χ0n) is 8.70. The first kappa shape index (κ1) is 12.5. The molecule has 1 aromatic heterocycles. The molecule has 0 aromatic carbocycles. The van der Waals surface area contributed by atoms with Crippen LogP contribution in [0.5, 0.6) is 0 Å². The predicted molar refractivity (Wildman–Crippen MR) is 66.3 cm³/mol. The Morgan fingerprint density at radius 2 is 2.38 bits per heavy atom. The minimum atomic E-state index is -3.39. The van der Waals surface area contributed by atoms with Crippen LogP contribution in [0.2, 0.25) is 0 Å². The summed E-state index contributed by atoms with van der Waals surface area (Å²) >= 11 is 4.55. The number of aryl methyl sites for hydroxylation is 1. The molecule has 4 nitrogen and oxygen atoms in total. The van der Waals surface area contributed by atoms with Crippen molar-refractivity contribution in [3.63, 3.8) is 0 Å². The van der Waals surface area contributed by atoms with Crippen molar-refractivity contribution < 1.29 is 13.2 Å². The van der Waals surface area contributed by atoms with Gasteiger partial charge in [-0.3, -0.25) is 0 Å². The molecule has 0 saturated carbocycles. The fourth-order valence-corrected chi connectivity index (χ4v) is 4.97. The monoisotopic (exact) mass is 325 g/mol. The average molecular weight is 326 g/mol. The highest BCUT2D eigenvalue weighted by atomic mass is 79.9. The van der Waals surface area contributed by atoms with Gasteiger partial charge in [-0.25, -0.2) is 13.1 Å². The highest BCUT2D eigenvalue weighted by molar-refractivity contribution is 9.11. The SMILES string of the molecule is Cc1cc(S(=O)(=O)NC2CCOC2)sc1Br. The topological polar surface area (TPSA) is 55.4 Å². The first-order valence-corrected chi connectivity index (χ1v) is 7.94. The summed E-state index contributed by atoms with van der Waals surface area (Å²) in [7, 11) is -3.39. The van der Waals surface area contributed by atoms with E-state index in [-0.39, 0.29) is 6.04 Å². The van der Waals surface area contributed by atoms with Crippen molar-refractivity contribution in [2.24, 2.45) is 0 Å². The predicted octanol–water partition coefficient (Wildman–Crippen LogP) is 1.89. The van der Waals surface area contributed by atoms with Crippen molar-refractivity contribution in [2.75, 3.05) is 13.2 Å². The van der Waals surface area contributed by atoms with Gasteiger partial charge in [-0.2, -0.15) is 0 Å². The Kier molecular flexibility index (Phi) is 3.70. The van der Waals surface area contributed by atoms with Gasteiger partial charge in [0.1, 0.15) is 4.21 Å². The fraction of sp³-hybridized carbons (Fsp3) is 0.556. The summed E-state index contributed by atoms with van der Waals surface area (Å²) in [5, 5.41) is 0. The van der Waals surface area contributed by atoms with Crippen LogP contribution in [0, 0.1) is 6.92 Å². The van der Waals surface area contributed by atoms with E-state index < -0.39 is 10.0 Å². The van der Waals surface area contributed by atoms with Crippen molar-refractivity contribution in [1.82, 2.24) is 4.72 Å². The molecule has 1 aromatic rings. The Morgan fingerprint density at radius 3 is 2.88 bits per heavy atom. The van der Waals surface area contributed by atoms with Gasteiger partial charge in [0, 0.05) is 12.6 Å². The summed E-state index contributed by atoms with van der Waals surface area (Å²) in [4.78, 5) is 0. The van der Waals surface area contributed by atoms with Gasteiger partial charge in [0.2, 0.25) is 10.0 Å². The van der Waals surface area contributed by atoms with Gasteiger partial charge in [0.15, 0.2) is 0 Å². The average Bonchev–Trinajstić information content (AvgIpc) is 2.78. The van der Waals surface area contributed by atoms with Crippen molar-refractivity contribution in [3.05, 3.63) is 15.4 Å². The Morgan fingerprint density at radius 1 is 1.62 bits per heavy atom. The largest absolute Gasteiger partial charge is 0.380 e. The lowest BCUT2D eigenvalue weighted by molar-refractivity contribution is 0.192. The van der Waals surface area contributed by atoms with Gasteiger partial charge < -0.3 is 4.74 Å².